The number of nitrogens with one attached hydrogen (secondary N) is 2. The van der Waals surface area contributed by atoms with Gasteiger partial charge in [0.15, 0.2) is 0 Å². The lowest BCUT2D eigenvalue weighted by atomic mass is 10.1. The van der Waals surface area contributed by atoms with E-state index in [4.69, 9.17) is 9.47 Å². The van der Waals surface area contributed by atoms with Gasteiger partial charge in [0.05, 0.1) is 19.8 Å². The molecule has 0 saturated carbocycles. The number of piperidine rings is 1. The molecule has 1 heterocycles. The van der Waals surface area contributed by atoms with Gasteiger partial charge in [0.2, 0.25) is 0 Å². The van der Waals surface area contributed by atoms with Crippen molar-refractivity contribution in [2.75, 3.05) is 33.4 Å². The molecule has 2 N–H and O–H groups in total. The predicted octanol–water partition coefficient (Wildman–Crippen LogP) is 1.89. The number of ether oxygens (including phenoxy) is 2. The molecule has 1 aliphatic heterocycles. The number of amides is 1. The van der Waals surface area contributed by atoms with Gasteiger partial charge in [-0.05, 0) is 44.1 Å². The van der Waals surface area contributed by atoms with Crippen LogP contribution in [-0.4, -0.2) is 45.4 Å². The number of carbonyl (C=O) groups is 1. The highest BCUT2D eigenvalue weighted by atomic mass is 35.5. The second kappa shape index (κ2) is 10.5. The van der Waals surface area contributed by atoms with Gasteiger partial charge in [-0.1, -0.05) is 0 Å². The lowest BCUT2D eigenvalue weighted by molar-refractivity contribution is 0.0603. The molecule has 0 spiro atoms. The van der Waals surface area contributed by atoms with E-state index < -0.39 is 0 Å². The third-order valence-corrected chi connectivity index (χ3v) is 3.67. The van der Waals surface area contributed by atoms with E-state index in [0.29, 0.717) is 24.3 Å². The first-order chi connectivity index (χ1) is 10.7. The number of hydrogen-bond donors (Lipinski definition) is 2. The van der Waals surface area contributed by atoms with E-state index in [9.17, 15) is 9.18 Å². The molecule has 130 valence electrons. The number of carbonyl (C=O) groups excluding carboxylic acids is 1. The van der Waals surface area contributed by atoms with Crippen molar-refractivity contribution in [3.05, 3.63) is 35.1 Å². The van der Waals surface area contributed by atoms with Crippen molar-refractivity contribution in [3.63, 3.8) is 0 Å². The third-order valence-electron chi connectivity index (χ3n) is 3.67. The minimum Gasteiger partial charge on any atom is -0.382 e. The largest absolute Gasteiger partial charge is 0.382 e. The van der Waals surface area contributed by atoms with Crippen LogP contribution in [0, 0.1) is 5.82 Å². The molecular formula is C16H24ClFN2O3. The van der Waals surface area contributed by atoms with Gasteiger partial charge in [-0.2, -0.15) is 0 Å². The van der Waals surface area contributed by atoms with E-state index in [1.807, 2.05) is 0 Å². The van der Waals surface area contributed by atoms with Crippen LogP contribution >= 0.6 is 12.4 Å². The Labute approximate surface area is 142 Å². The Balaban J connectivity index is 0.00000264. The fraction of sp³-hybridized carbons (Fsp3) is 0.562. The molecule has 1 aromatic carbocycles. The molecule has 0 atom stereocenters. The molecule has 1 amide bonds. The molecule has 1 aliphatic rings. The summed E-state index contributed by atoms with van der Waals surface area (Å²) in [4.78, 5) is 12.2. The molecule has 7 heteroatoms. The topological polar surface area (TPSA) is 59.6 Å². The summed E-state index contributed by atoms with van der Waals surface area (Å²) in [5.41, 5.74) is 0.847. The summed E-state index contributed by atoms with van der Waals surface area (Å²) in [6, 6.07) is 4.55. The fourth-order valence-electron chi connectivity index (χ4n) is 2.39. The maximum absolute atomic E-state index is 13.7. The lowest BCUT2D eigenvalue weighted by Crippen LogP contribution is -2.42. The van der Waals surface area contributed by atoms with Gasteiger partial charge in [-0.25, -0.2) is 4.39 Å². The lowest BCUT2D eigenvalue weighted by Gasteiger charge is -2.23. The molecule has 1 saturated heterocycles. The predicted molar refractivity (Wildman–Crippen MR) is 88.5 cm³/mol. The van der Waals surface area contributed by atoms with Crippen LogP contribution in [0.1, 0.15) is 28.8 Å². The summed E-state index contributed by atoms with van der Waals surface area (Å²) in [6.07, 6.45) is 1.83. The van der Waals surface area contributed by atoms with Gasteiger partial charge in [-0.15, -0.1) is 12.4 Å². The molecule has 1 aromatic rings. The summed E-state index contributed by atoms with van der Waals surface area (Å²) >= 11 is 0. The summed E-state index contributed by atoms with van der Waals surface area (Å²) in [5, 5.41) is 6.25. The van der Waals surface area contributed by atoms with Crippen molar-refractivity contribution < 1.29 is 18.7 Å². The molecule has 23 heavy (non-hydrogen) atoms. The van der Waals surface area contributed by atoms with E-state index in [-0.39, 0.29) is 36.8 Å². The Morgan fingerprint density at radius 1 is 1.35 bits per heavy atom. The second-order valence-corrected chi connectivity index (χ2v) is 5.35. The van der Waals surface area contributed by atoms with Crippen molar-refractivity contribution >= 4 is 18.3 Å². The van der Waals surface area contributed by atoms with Gasteiger partial charge >= 0.3 is 0 Å². The van der Waals surface area contributed by atoms with Gasteiger partial charge < -0.3 is 20.1 Å². The molecular weight excluding hydrogens is 323 g/mol. The Hall–Kier alpha value is -1.21. The Morgan fingerprint density at radius 3 is 2.78 bits per heavy atom. The van der Waals surface area contributed by atoms with Gasteiger partial charge in [-0.3, -0.25) is 4.79 Å². The van der Waals surface area contributed by atoms with Gasteiger partial charge in [0.25, 0.3) is 5.91 Å². The third kappa shape index (κ3) is 6.43. The first-order valence-corrected chi connectivity index (χ1v) is 7.57. The van der Waals surface area contributed by atoms with Crippen LogP contribution in [0.15, 0.2) is 18.2 Å². The van der Waals surface area contributed by atoms with Crippen molar-refractivity contribution in [1.82, 2.24) is 10.6 Å². The van der Waals surface area contributed by atoms with Gasteiger partial charge in [0.1, 0.15) is 5.82 Å². The normalized spacial score (nSPS) is 15.0. The number of hydrogen-bond acceptors (Lipinski definition) is 4. The van der Waals surface area contributed by atoms with Crippen molar-refractivity contribution in [3.8, 4) is 0 Å². The molecule has 5 nitrogen and oxygen atoms in total. The Kier molecular flexibility index (Phi) is 9.09. The standard InChI is InChI=1S/C16H23FN2O3.ClH/c1-21-8-9-22-11-13-10-12(2-3-15(13)17)16(20)19-14-4-6-18-7-5-14;/h2-3,10,14,18H,4-9,11H2,1H3,(H,19,20);1H. The molecule has 1 fully saturated rings. The average molecular weight is 347 g/mol. The van der Waals surface area contributed by atoms with Crippen LogP contribution in [0.4, 0.5) is 4.39 Å². The number of methoxy groups -OCH3 is 1. The quantitative estimate of drug-likeness (QED) is 0.740. The molecule has 0 aliphatic carbocycles. The Bertz CT molecular complexity index is 496. The zero-order chi connectivity index (χ0) is 15.8. The highest BCUT2D eigenvalue weighted by Gasteiger charge is 2.17. The van der Waals surface area contributed by atoms with Crippen LogP contribution < -0.4 is 10.6 Å². The van der Waals surface area contributed by atoms with Crippen molar-refractivity contribution in [2.24, 2.45) is 0 Å². The monoisotopic (exact) mass is 346 g/mol. The van der Waals surface area contributed by atoms with E-state index in [2.05, 4.69) is 10.6 Å². The molecule has 0 radical (unpaired) electrons. The van der Waals surface area contributed by atoms with Crippen molar-refractivity contribution in [2.45, 2.75) is 25.5 Å². The van der Waals surface area contributed by atoms with Crippen LogP contribution in [0.3, 0.4) is 0 Å². The van der Waals surface area contributed by atoms with Crippen LogP contribution in [-0.2, 0) is 16.1 Å². The molecule has 0 bridgehead atoms. The fourth-order valence-corrected chi connectivity index (χ4v) is 2.39. The first-order valence-electron chi connectivity index (χ1n) is 7.57. The SMILES string of the molecule is COCCOCc1cc(C(=O)NC2CCNCC2)ccc1F.Cl. The minimum absolute atomic E-state index is 0. The van der Waals surface area contributed by atoms with E-state index in [0.717, 1.165) is 25.9 Å². The number of benzene rings is 1. The average Bonchev–Trinajstić information content (AvgIpc) is 2.54. The summed E-state index contributed by atoms with van der Waals surface area (Å²) in [6.45, 7) is 2.79. The smallest absolute Gasteiger partial charge is 0.251 e. The highest BCUT2D eigenvalue weighted by Crippen LogP contribution is 2.13. The van der Waals surface area contributed by atoms with E-state index in [1.165, 1.54) is 12.1 Å². The summed E-state index contributed by atoms with van der Waals surface area (Å²) in [5.74, 6) is -0.527. The molecule has 2 rings (SSSR count). The highest BCUT2D eigenvalue weighted by molar-refractivity contribution is 5.94. The minimum atomic E-state index is -0.365. The zero-order valence-electron chi connectivity index (χ0n) is 13.3. The second-order valence-electron chi connectivity index (χ2n) is 5.35. The van der Waals surface area contributed by atoms with Gasteiger partial charge in [0, 0.05) is 24.3 Å². The van der Waals surface area contributed by atoms with Crippen molar-refractivity contribution in [1.29, 1.82) is 0 Å². The summed E-state index contributed by atoms with van der Waals surface area (Å²) < 4.78 is 23.9. The Morgan fingerprint density at radius 2 is 2.09 bits per heavy atom. The molecule has 0 unspecified atom stereocenters. The molecule has 0 aromatic heterocycles. The maximum Gasteiger partial charge on any atom is 0.251 e. The number of rotatable bonds is 7. The van der Waals surface area contributed by atoms with Crippen LogP contribution in [0.25, 0.3) is 0 Å². The van der Waals surface area contributed by atoms with E-state index in [1.54, 1.807) is 13.2 Å². The van der Waals surface area contributed by atoms with Crippen LogP contribution in [0.5, 0.6) is 0 Å². The first kappa shape index (κ1) is 19.8. The summed E-state index contributed by atoms with van der Waals surface area (Å²) in [7, 11) is 1.58. The van der Waals surface area contributed by atoms with Crippen LogP contribution in [0.2, 0.25) is 0 Å². The number of halogens is 2. The van der Waals surface area contributed by atoms with E-state index >= 15 is 0 Å². The maximum atomic E-state index is 13.7. The zero-order valence-corrected chi connectivity index (χ0v) is 14.1.